The SMILES string of the molecule is C[C@@H]1CN(c2nc(NCc3ccccc3)c3cnn(C)c3n2)C[C@H](C)O1. The van der Waals surface area contributed by atoms with E-state index in [0.717, 1.165) is 35.9 Å². The maximum atomic E-state index is 5.84. The van der Waals surface area contributed by atoms with Crippen LogP contribution in [0.5, 0.6) is 0 Å². The molecule has 0 saturated carbocycles. The highest BCUT2D eigenvalue weighted by molar-refractivity contribution is 5.87. The number of rotatable bonds is 4. The van der Waals surface area contributed by atoms with Crippen LogP contribution in [0.1, 0.15) is 19.4 Å². The molecule has 1 aromatic carbocycles. The lowest BCUT2D eigenvalue weighted by molar-refractivity contribution is -0.00569. The van der Waals surface area contributed by atoms with Crippen molar-refractivity contribution in [2.45, 2.75) is 32.6 Å². The molecule has 2 atom stereocenters. The summed E-state index contributed by atoms with van der Waals surface area (Å²) >= 11 is 0. The van der Waals surface area contributed by atoms with E-state index in [9.17, 15) is 0 Å². The zero-order valence-corrected chi connectivity index (χ0v) is 15.4. The van der Waals surface area contributed by atoms with E-state index in [4.69, 9.17) is 14.7 Å². The minimum atomic E-state index is 0.158. The first-order valence-electron chi connectivity index (χ1n) is 8.98. The number of nitrogens with one attached hydrogen (secondary N) is 1. The zero-order valence-electron chi connectivity index (χ0n) is 15.4. The van der Waals surface area contributed by atoms with E-state index < -0.39 is 0 Å². The van der Waals surface area contributed by atoms with E-state index in [1.165, 1.54) is 5.56 Å². The van der Waals surface area contributed by atoms with Crippen molar-refractivity contribution < 1.29 is 4.74 Å². The molecule has 0 unspecified atom stereocenters. The second-order valence-electron chi connectivity index (χ2n) is 6.88. The molecular weight excluding hydrogens is 328 g/mol. The smallest absolute Gasteiger partial charge is 0.229 e. The van der Waals surface area contributed by atoms with E-state index in [1.807, 2.05) is 31.4 Å². The molecule has 1 N–H and O–H groups in total. The molecule has 0 aliphatic carbocycles. The number of benzene rings is 1. The predicted molar refractivity (Wildman–Crippen MR) is 102 cm³/mol. The summed E-state index contributed by atoms with van der Waals surface area (Å²) in [6, 6.07) is 10.3. The fourth-order valence-electron chi connectivity index (χ4n) is 3.41. The summed E-state index contributed by atoms with van der Waals surface area (Å²) in [6.45, 7) is 6.44. The first-order chi connectivity index (χ1) is 12.6. The maximum Gasteiger partial charge on any atom is 0.229 e. The van der Waals surface area contributed by atoms with Gasteiger partial charge >= 0.3 is 0 Å². The summed E-state index contributed by atoms with van der Waals surface area (Å²) in [7, 11) is 1.91. The Morgan fingerprint density at radius 2 is 1.85 bits per heavy atom. The molecule has 0 amide bonds. The van der Waals surface area contributed by atoms with E-state index in [2.05, 4.69) is 41.3 Å². The molecule has 26 heavy (non-hydrogen) atoms. The van der Waals surface area contributed by atoms with Gasteiger partial charge in [0, 0.05) is 26.7 Å². The second kappa shape index (κ2) is 6.92. The van der Waals surface area contributed by atoms with E-state index in [1.54, 1.807) is 4.68 Å². The Hall–Kier alpha value is -2.67. The number of hydrogen-bond acceptors (Lipinski definition) is 6. The van der Waals surface area contributed by atoms with Crippen LogP contribution in [-0.4, -0.2) is 45.0 Å². The Morgan fingerprint density at radius 3 is 2.58 bits per heavy atom. The highest BCUT2D eigenvalue weighted by atomic mass is 16.5. The van der Waals surface area contributed by atoms with Crippen LogP contribution in [0.15, 0.2) is 36.5 Å². The molecule has 1 aliphatic heterocycles. The Balaban J connectivity index is 1.67. The summed E-state index contributed by atoms with van der Waals surface area (Å²) in [5, 5.41) is 8.75. The van der Waals surface area contributed by atoms with Crippen LogP contribution in [0.25, 0.3) is 11.0 Å². The minimum Gasteiger partial charge on any atom is -0.372 e. The van der Waals surface area contributed by atoms with Crippen molar-refractivity contribution >= 4 is 22.8 Å². The van der Waals surface area contributed by atoms with Crippen molar-refractivity contribution in [2.75, 3.05) is 23.3 Å². The second-order valence-corrected chi connectivity index (χ2v) is 6.88. The fourth-order valence-corrected chi connectivity index (χ4v) is 3.41. The lowest BCUT2D eigenvalue weighted by atomic mass is 10.2. The van der Waals surface area contributed by atoms with Crippen LogP contribution in [-0.2, 0) is 18.3 Å². The summed E-state index contributed by atoms with van der Waals surface area (Å²) in [5.74, 6) is 1.53. The lowest BCUT2D eigenvalue weighted by Gasteiger charge is -2.35. The quantitative estimate of drug-likeness (QED) is 0.778. The van der Waals surface area contributed by atoms with Crippen molar-refractivity contribution in [3.8, 4) is 0 Å². The fraction of sp³-hybridized carbons (Fsp3) is 0.421. The monoisotopic (exact) mass is 352 g/mol. The summed E-state index contributed by atoms with van der Waals surface area (Å²) in [4.78, 5) is 11.8. The van der Waals surface area contributed by atoms with Gasteiger partial charge in [-0.05, 0) is 19.4 Å². The van der Waals surface area contributed by atoms with Crippen molar-refractivity contribution in [3.63, 3.8) is 0 Å². The number of fused-ring (bicyclic) bond motifs is 1. The molecule has 7 heteroatoms. The molecule has 3 heterocycles. The third kappa shape index (κ3) is 3.35. The van der Waals surface area contributed by atoms with Crippen molar-refractivity contribution in [2.24, 2.45) is 7.05 Å². The van der Waals surface area contributed by atoms with Crippen LogP contribution >= 0.6 is 0 Å². The molecular formula is C19H24N6O. The van der Waals surface area contributed by atoms with Gasteiger partial charge in [-0.25, -0.2) is 0 Å². The van der Waals surface area contributed by atoms with Crippen molar-refractivity contribution in [3.05, 3.63) is 42.1 Å². The number of anilines is 2. The topological polar surface area (TPSA) is 68.1 Å². The molecule has 0 bridgehead atoms. The molecule has 0 radical (unpaired) electrons. The lowest BCUT2D eigenvalue weighted by Crippen LogP contribution is -2.46. The average molecular weight is 352 g/mol. The molecule has 1 fully saturated rings. The first kappa shape index (κ1) is 16.8. The Morgan fingerprint density at radius 1 is 1.12 bits per heavy atom. The van der Waals surface area contributed by atoms with Gasteiger partial charge in [0.15, 0.2) is 5.65 Å². The number of nitrogens with zero attached hydrogens (tertiary/aromatic N) is 5. The van der Waals surface area contributed by atoms with Gasteiger partial charge < -0.3 is 15.0 Å². The van der Waals surface area contributed by atoms with Crippen molar-refractivity contribution in [1.29, 1.82) is 0 Å². The minimum absolute atomic E-state index is 0.158. The maximum absolute atomic E-state index is 5.84. The van der Waals surface area contributed by atoms with Gasteiger partial charge in [-0.1, -0.05) is 30.3 Å². The largest absolute Gasteiger partial charge is 0.372 e. The highest BCUT2D eigenvalue weighted by Gasteiger charge is 2.25. The number of aromatic nitrogens is 4. The molecule has 3 aromatic rings. The van der Waals surface area contributed by atoms with Crippen LogP contribution in [0, 0.1) is 0 Å². The first-order valence-corrected chi connectivity index (χ1v) is 8.98. The number of ether oxygens (including phenoxy) is 1. The molecule has 1 aliphatic rings. The Kier molecular flexibility index (Phi) is 4.46. The molecule has 136 valence electrons. The van der Waals surface area contributed by atoms with Gasteiger partial charge in [0.1, 0.15) is 5.82 Å². The van der Waals surface area contributed by atoms with Gasteiger partial charge in [-0.3, -0.25) is 4.68 Å². The van der Waals surface area contributed by atoms with Crippen LogP contribution in [0.3, 0.4) is 0 Å². The van der Waals surface area contributed by atoms with E-state index in [-0.39, 0.29) is 12.2 Å². The van der Waals surface area contributed by atoms with Crippen LogP contribution < -0.4 is 10.2 Å². The molecule has 4 rings (SSSR count). The van der Waals surface area contributed by atoms with Crippen molar-refractivity contribution in [1.82, 2.24) is 19.7 Å². The third-order valence-electron chi connectivity index (χ3n) is 4.59. The molecule has 1 saturated heterocycles. The van der Waals surface area contributed by atoms with Gasteiger partial charge in [-0.15, -0.1) is 0 Å². The Labute approximate surface area is 153 Å². The highest BCUT2D eigenvalue weighted by Crippen LogP contribution is 2.25. The number of hydrogen-bond donors (Lipinski definition) is 1. The number of morpholine rings is 1. The predicted octanol–water partition coefficient (Wildman–Crippen LogP) is 2.59. The van der Waals surface area contributed by atoms with Crippen LogP contribution in [0.4, 0.5) is 11.8 Å². The van der Waals surface area contributed by atoms with Gasteiger partial charge in [0.2, 0.25) is 5.95 Å². The normalized spacial score (nSPS) is 20.5. The third-order valence-corrected chi connectivity index (χ3v) is 4.59. The summed E-state index contributed by atoms with van der Waals surface area (Å²) in [6.07, 6.45) is 2.13. The van der Waals surface area contributed by atoms with Gasteiger partial charge in [0.05, 0.1) is 23.8 Å². The number of aryl methyl sites for hydroxylation is 1. The molecule has 7 nitrogen and oxygen atoms in total. The molecule has 0 spiro atoms. The zero-order chi connectivity index (χ0) is 18.1. The Bertz CT molecular complexity index is 884. The van der Waals surface area contributed by atoms with E-state index in [0.29, 0.717) is 6.54 Å². The standard InChI is InChI=1S/C19H24N6O/c1-13-11-25(12-14(2)26-13)19-22-17(16-10-21-24(3)18(16)23-19)20-9-15-7-5-4-6-8-15/h4-8,10,13-14H,9,11-12H2,1-3H3,(H,20,22,23)/t13-,14+. The van der Waals surface area contributed by atoms with Crippen LogP contribution in [0.2, 0.25) is 0 Å². The summed E-state index contributed by atoms with van der Waals surface area (Å²) < 4.78 is 7.63. The van der Waals surface area contributed by atoms with Gasteiger partial charge in [-0.2, -0.15) is 15.1 Å². The summed E-state index contributed by atoms with van der Waals surface area (Å²) in [5.41, 5.74) is 2.04. The molecule has 2 aromatic heterocycles. The average Bonchev–Trinajstić information content (AvgIpc) is 3.01. The van der Waals surface area contributed by atoms with Gasteiger partial charge in [0.25, 0.3) is 0 Å². The van der Waals surface area contributed by atoms with E-state index >= 15 is 0 Å².